The minimum Gasteiger partial charge on any atom is -0.314 e. The Kier molecular flexibility index (Phi) is 4.97. The molecule has 21 heavy (non-hydrogen) atoms. The lowest BCUT2D eigenvalue weighted by atomic mass is 9.86. The zero-order valence-electron chi connectivity index (χ0n) is 13.6. The van der Waals surface area contributed by atoms with Gasteiger partial charge in [0.05, 0.1) is 0 Å². The molecular weight excluding hydrogens is 256 g/mol. The molecule has 3 rings (SSSR count). The zero-order valence-corrected chi connectivity index (χ0v) is 13.6. The summed E-state index contributed by atoms with van der Waals surface area (Å²) >= 11 is 0. The molecule has 0 amide bonds. The minimum absolute atomic E-state index is 0.587. The summed E-state index contributed by atoms with van der Waals surface area (Å²) in [6.07, 6.45) is 5.52. The number of nitrogens with one attached hydrogen (secondary N) is 1. The first-order chi connectivity index (χ1) is 10.3. The highest BCUT2D eigenvalue weighted by Crippen LogP contribution is 2.34. The molecule has 116 valence electrons. The molecule has 2 unspecified atom stereocenters. The molecule has 2 heteroatoms. The van der Waals surface area contributed by atoms with Crippen LogP contribution in [0.3, 0.4) is 0 Å². The molecule has 1 aromatic rings. The fourth-order valence-electron chi connectivity index (χ4n) is 4.38. The molecule has 2 atom stereocenters. The molecule has 2 saturated heterocycles. The van der Waals surface area contributed by atoms with Crippen molar-refractivity contribution >= 4 is 0 Å². The van der Waals surface area contributed by atoms with Gasteiger partial charge in [-0.3, -0.25) is 4.90 Å². The quantitative estimate of drug-likeness (QED) is 0.904. The smallest absolute Gasteiger partial charge is 0.0371 e. The Morgan fingerprint density at radius 3 is 2.33 bits per heavy atom. The summed E-state index contributed by atoms with van der Waals surface area (Å²) in [6.45, 7) is 8.50. The van der Waals surface area contributed by atoms with Crippen molar-refractivity contribution in [2.45, 2.75) is 51.6 Å². The molecule has 2 aliphatic rings. The molecule has 0 aromatic heterocycles. The number of benzene rings is 1. The van der Waals surface area contributed by atoms with Crippen LogP contribution in [0.15, 0.2) is 30.3 Å². The lowest BCUT2D eigenvalue weighted by molar-refractivity contribution is 0.0939. The molecule has 2 fully saturated rings. The van der Waals surface area contributed by atoms with Crippen molar-refractivity contribution in [1.82, 2.24) is 10.2 Å². The summed E-state index contributed by atoms with van der Waals surface area (Å²) in [4.78, 5) is 2.73. The average molecular weight is 286 g/mol. The largest absolute Gasteiger partial charge is 0.314 e. The molecular formula is C19H30N2. The van der Waals surface area contributed by atoms with Gasteiger partial charge in [-0.25, -0.2) is 0 Å². The average Bonchev–Trinajstić information content (AvgIpc) is 3.03. The van der Waals surface area contributed by atoms with Crippen LogP contribution in [0.5, 0.6) is 0 Å². The van der Waals surface area contributed by atoms with Gasteiger partial charge in [-0.2, -0.15) is 0 Å². The first kappa shape index (κ1) is 15.1. The van der Waals surface area contributed by atoms with E-state index >= 15 is 0 Å². The highest BCUT2D eigenvalue weighted by atomic mass is 15.2. The van der Waals surface area contributed by atoms with Gasteiger partial charge in [0.25, 0.3) is 0 Å². The van der Waals surface area contributed by atoms with Crippen molar-refractivity contribution in [2.75, 3.05) is 19.6 Å². The standard InChI is InChI=1S/C19H30N2/c1-15(2)19(17-7-4-3-5-8-17)21-13-10-16(11-14-21)18-9-6-12-20-18/h3-5,7-8,15-16,18-20H,6,9-14H2,1-2H3. The van der Waals surface area contributed by atoms with E-state index in [4.69, 9.17) is 0 Å². The Hall–Kier alpha value is -0.860. The van der Waals surface area contributed by atoms with Gasteiger partial charge in [0.2, 0.25) is 0 Å². The van der Waals surface area contributed by atoms with Crippen molar-refractivity contribution in [3.63, 3.8) is 0 Å². The Labute approximate surface area is 129 Å². The van der Waals surface area contributed by atoms with E-state index in [2.05, 4.69) is 54.4 Å². The maximum Gasteiger partial charge on any atom is 0.0371 e. The van der Waals surface area contributed by atoms with Gasteiger partial charge in [-0.1, -0.05) is 44.2 Å². The monoisotopic (exact) mass is 286 g/mol. The van der Waals surface area contributed by atoms with E-state index in [1.54, 1.807) is 0 Å². The molecule has 0 bridgehead atoms. The number of piperidine rings is 1. The Morgan fingerprint density at radius 2 is 1.76 bits per heavy atom. The minimum atomic E-state index is 0.587. The van der Waals surface area contributed by atoms with Gasteiger partial charge in [-0.05, 0) is 62.7 Å². The third-order valence-corrected chi connectivity index (χ3v) is 5.41. The van der Waals surface area contributed by atoms with E-state index in [0.29, 0.717) is 12.0 Å². The van der Waals surface area contributed by atoms with Crippen molar-refractivity contribution in [2.24, 2.45) is 11.8 Å². The lowest BCUT2D eigenvalue weighted by Crippen LogP contribution is -2.43. The first-order valence-corrected chi connectivity index (χ1v) is 8.78. The van der Waals surface area contributed by atoms with Gasteiger partial charge in [0, 0.05) is 12.1 Å². The van der Waals surface area contributed by atoms with Crippen LogP contribution in [-0.4, -0.2) is 30.6 Å². The fourth-order valence-corrected chi connectivity index (χ4v) is 4.38. The van der Waals surface area contributed by atoms with Crippen molar-refractivity contribution in [1.29, 1.82) is 0 Å². The van der Waals surface area contributed by atoms with Gasteiger partial charge in [0.15, 0.2) is 0 Å². The molecule has 0 spiro atoms. The Morgan fingerprint density at radius 1 is 1.05 bits per heavy atom. The van der Waals surface area contributed by atoms with Gasteiger partial charge in [-0.15, -0.1) is 0 Å². The molecule has 1 aromatic carbocycles. The van der Waals surface area contributed by atoms with Crippen LogP contribution in [0, 0.1) is 11.8 Å². The third-order valence-electron chi connectivity index (χ3n) is 5.41. The molecule has 0 saturated carbocycles. The maximum atomic E-state index is 3.71. The Balaban J connectivity index is 1.63. The van der Waals surface area contributed by atoms with Crippen LogP contribution in [0.25, 0.3) is 0 Å². The van der Waals surface area contributed by atoms with E-state index in [1.807, 2.05) is 0 Å². The van der Waals surface area contributed by atoms with E-state index in [1.165, 1.54) is 50.9 Å². The highest BCUT2D eigenvalue weighted by Gasteiger charge is 2.32. The summed E-state index contributed by atoms with van der Waals surface area (Å²) in [6, 6.07) is 12.5. The third kappa shape index (κ3) is 3.49. The molecule has 2 heterocycles. The summed E-state index contributed by atoms with van der Waals surface area (Å²) in [5.41, 5.74) is 1.49. The van der Waals surface area contributed by atoms with Crippen LogP contribution in [0.2, 0.25) is 0 Å². The summed E-state index contributed by atoms with van der Waals surface area (Å²) in [7, 11) is 0. The summed E-state index contributed by atoms with van der Waals surface area (Å²) < 4.78 is 0. The fraction of sp³-hybridized carbons (Fsp3) is 0.684. The van der Waals surface area contributed by atoms with E-state index in [0.717, 1.165) is 12.0 Å². The second kappa shape index (κ2) is 6.93. The maximum absolute atomic E-state index is 3.71. The predicted octanol–water partition coefficient (Wildman–Crippen LogP) is 3.85. The van der Waals surface area contributed by atoms with Crippen LogP contribution >= 0.6 is 0 Å². The van der Waals surface area contributed by atoms with E-state index in [-0.39, 0.29) is 0 Å². The molecule has 1 N–H and O–H groups in total. The number of likely N-dealkylation sites (tertiary alicyclic amines) is 1. The van der Waals surface area contributed by atoms with E-state index in [9.17, 15) is 0 Å². The molecule has 0 radical (unpaired) electrons. The first-order valence-electron chi connectivity index (χ1n) is 8.78. The summed E-state index contributed by atoms with van der Waals surface area (Å²) in [5.74, 6) is 1.58. The zero-order chi connectivity index (χ0) is 14.7. The van der Waals surface area contributed by atoms with Crippen LogP contribution < -0.4 is 5.32 Å². The topological polar surface area (TPSA) is 15.3 Å². The molecule has 2 aliphatic heterocycles. The second-order valence-corrected chi connectivity index (χ2v) is 7.18. The number of rotatable bonds is 4. The van der Waals surface area contributed by atoms with Crippen molar-refractivity contribution < 1.29 is 0 Å². The van der Waals surface area contributed by atoms with Crippen LogP contribution in [0.4, 0.5) is 0 Å². The van der Waals surface area contributed by atoms with Gasteiger partial charge >= 0.3 is 0 Å². The van der Waals surface area contributed by atoms with Crippen LogP contribution in [0.1, 0.15) is 51.1 Å². The normalized spacial score (nSPS) is 26.3. The second-order valence-electron chi connectivity index (χ2n) is 7.18. The van der Waals surface area contributed by atoms with Gasteiger partial charge in [0.1, 0.15) is 0 Å². The SMILES string of the molecule is CC(C)C(c1ccccc1)N1CCC(C2CCCN2)CC1. The number of hydrogen-bond acceptors (Lipinski definition) is 2. The van der Waals surface area contributed by atoms with Crippen molar-refractivity contribution in [3.05, 3.63) is 35.9 Å². The number of hydrogen-bond donors (Lipinski definition) is 1. The highest BCUT2D eigenvalue weighted by molar-refractivity contribution is 5.19. The summed E-state index contributed by atoms with van der Waals surface area (Å²) in [5, 5.41) is 3.71. The van der Waals surface area contributed by atoms with E-state index < -0.39 is 0 Å². The van der Waals surface area contributed by atoms with Gasteiger partial charge < -0.3 is 5.32 Å². The number of nitrogens with zero attached hydrogens (tertiary/aromatic N) is 1. The van der Waals surface area contributed by atoms with Crippen molar-refractivity contribution in [3.8, 4) is 0 Å². The lowest BCUT2D eigenvalue weighted by Gasteiger charge is -2.41. The Bertz CT molecular complexity index is 414. The molecule has 0 aliphatic carbocycles. The predicted molar refractivity (Wildman–Crippen MR) is 89.3 cm³/mol. The van der Waals surface area contributed by atoms with Crippen LogP contribution in [-0.2, 0) is 0 Å². The molecule has 2 nitrogen and oxygen atoms in total.